The maximum atomic E-state index is 2.27. The molecule has 0 aliphatic carbocycles. The van der Waals surface area contributed by atoms with Gasteiger partial charge in [0.25, 0.3) is 0 Å². The standard InChI is InChI=1S/C18H12.C4H4S/c1-2-6-14-10-18-12-16-8-4-3-7-15(16)11-17(18)9-13(14)5-1;1-2-4-5-3-1/h1-12H;1-4H. The Bertz CT molecular complexity index is 898. The minimum absolute atomic E-state index is 1.31. The molecule has 0 unspecified atom stereocenters. The number of hydrogen-bond acceptors (Lipinski definition) is 1. The van der Waals surface area contributed by atoms with Crippen LogP contribution in [0, 0.1) is 0 Å². The second kappa shape index (κ2) is 6.23. The van der Waals surface area contributed by atoms with E-state index in [1.165, 1.54) is 32.3 Å². The van der Waals surface area contributed by atoms with Gasteiger partial charge in [-0.2, -0.15) is 11.3 Å². The highest BCUT2D eigenvalue weighted by Crippen LogP contribution is 2.27. The van der Waals surface area contributed by atoms with Gasteiger partial charge < -0.3 is 0 Å². The van der Waals surface area contributed by atoms with Crippen molar-refractivity contribution in [1.82, 2.24) is 0 Å². The molecule has 23 heavy (non-hydrogen) atoms. The smallest absolute Gasteiger partial charge is 0.00934 e. The maximum Gasteiger partial charge on any atom is -0.00934 e. The second-order valence-electron chi connectivity index (χ2n) is 5.54. The van der Waals surface area contributed by atoms with E-state index < -0.39 is 0 Å². The summed E-state index contributed by atoms with van der Waals surface area (Å²) in [5, 5.41) is 11.9. The fraction of sp³-hybridized carbons (Fsp3) is 0. The van der Waals surface area contributed by atoms with E-state index in [0.717, 1.165) is 0 Å². The van der Waals surface area contributed by atoms with E-state index in [1.807, 2.05) is 22.9 Å². The largest absolute Gasteiger partial charge is 0.152 e. The molecule has 0 aliphatic heterocycles. The van der Waals surface area contributed by atoms with E-state index in [2.05, 4.69) is 72.8 Å². The van der Waals surface area contributed by atoms with E-state index in [1.54, 1.807) is 11.3 Å². The molecule has 0 fully saturated rings. The minimum Gasteiger partial charge on any atom is -0.152 e. The average Bonchev–Trinajstić information content (AvgIpc) is 3.18. The van der Waals surface area contributed by atoms with Crippen molar-refractivity contribution in [3.05, 3.63) is 95.7 Å². The molecule has 0 spiro atoms. The molecular weight excluding hydrogens is 296 g/mol. The summed E-state index contributed by atoms with van der Waals surface area (Å²) >= 11 is 1.71. The summed E-state index contributed by atoms with van der Waals surface area (Å²) in [6, 6.07) is 30.2. The zero-order valence-electron chi connectivity index (χ0n) is 12.6. The topological polar surface area (TPSA) is 0 Å². The van der Waals surface area contributed by atoms with Crippen LogP contribution in [0.25, 0.3) is 32.3 Å². The lowest BCUT2D eigenvalue weighted by Crippen LogP contribution is -1.78. The van der Waals surface area contributed by atoms with Crippen molar-refractivity contribution < 1.29 is 0 Å². The van der Waals surface area contributed by atoms with Crippen molar-refractivity contribution in [2.45, 2.75) is 0 Å². The maximum absolute atomic E-state index is 2.27. The first kappa shape index (κ1) is 14.0. The van der Waals surface area contributed by atoms with Gasteiger partial charge in [-0.1, -0.05) is 60.7 Å². The van der Waals surface area contributed by atoms with E-state index in [-0.39, 0.29) is 0 Å². The summed E-state index contributed by atoms with van der Waals surface area (Å²) in [7, 11) is 0. The van der Waals surface area contributed by atoms with E-state index >= 15 is 0 Å². The fourth-order valence-corrected chi connectivity index (χ4v) is 3.31. The van der Waals surface area contributed by atoms with Gasteiger partial charge in [0.2, 0.25) is 0 Å². The molecule has 0 aliphatic rings. The fourth-order valence-electron chi connectivity index (χ4n) is 2.86. The first-order chi connectivity index (χ1) is 11.4. The van der Waals surface area contributed by atoms with Gasteiger partial charge in [-0.3, -0.25) is 0 Å². The first-order valence-corrected chi connectivity index (χ1v) is 8.63. The second-order valence-corrected chi connectivity index (χ2v) is 6.36. The zero-order valence-corrected chi connectivity index (χ0v) is 13.5. The van der Waals surface area contributed by atoms with Gasteiger partial charge in [0.15, 0.2) is 0 Å². The van der Waals surface area contributed by atoms with Crippen molar-refractivity contribution in [3.63, 3.8) is 0 Å². The van der Waals surface area contributed by atoms with Gasteiger partial charge in [-0.05, 0) is 67.3 Å². The van der Waals surface area contributed by atoms with E-state index in [9.17, 15) is 0 Å². The van der Waals surface area contributed by atoms with Gasteiger partial charge in [0.05, 0.1) is 0 Å². The molecule has 5 rings (SSSR count). The molecule has 0 atom stereocenters. The molecule has 1 heteroatoms. The van der Waals surface area contributed by atoms with Crippen LogP contribution in [0.2, 0.25) is 0 Å². The number of thiophene rings is 1. The number of benzene rings is 4. The Morgan fingerprint density at radius 1 is 0.391 bits per heavy atom. The third-order valence-corrected chi connectivity index (χ3v) is 4.62. The lowest BCUT2D eigenvalue weighted by molar-refractivity contribution is 1.77. The zero-order chi connectivity index (χ0) is 15.5. The Morgan fingerprint density at radius 2 is 0.739 bits per heavy atom. The van der Waals surface area contributed by atoms with Crippen LogP contribution in [0.3, 0.4) is 0 Å². The van der Waals surface area contributed by atoms with Crippen LogP contribution in [0.1, 0.15) is 0 Å². The van der Waals surface area contributed by atoms with E-state index in [4.69, 9.17) is 0 Å². The van der Waals surface area contributed by atoms with Gasteiger partial charge in [0.1, 0.15) is 0 Å². The highest BCUT2D eigenvalue weighted by molar-refractivity contribution is 7.07. The molecule has 5 aromatic rings. The lowest BCUT2D eigenvalue weighted by Gasteiger charge is -2.04. The van der Waals surface area contributed by atoms with Gasteiger partial charge >= 0.3 is 0 Å². The van der Waals surface area contributed by atoms with E-state index in [0.29, 0.717) is 0 Å². The summed E-state index contributed by atoms with van der Waals surface area (Å²) in [6.45, 7) is 0. The number of rotatable bonds is 0. The van der Waals surface area contributed by atoms with Crippen molar-refractivity contribution in [3.8, 4) is 0 Å². The molecule has 0 saturated heterocycles. The number of hydrogen-bond donors (Lipinski definition) is 0. The van der Waals surface area contributed by atoms with Crippen molar-refractivity contribution in [2.24, 2.45) is 0 Å². The van der Waals surface area contributed by atoms with Gasteiger partial charge in [-0.25, -0.2) is 0 Å². The Kier molecular flexibility index (Phi) is 3.79. The third kappa shape index (κ3) is 2.96. The summed E-state index contributed by atoms with van der Waals surface area (Å²) in [6.07, 6.45) is 0. The molecule has 0 saturated carbocycles. The van der Waals surface area contributed by atoms with Crippen LogP contribution in [0.15, 0.2) is 95.7 Å². The highest BCUT2D eigenvalue weighted by atomic mass is 32.1. The van der Waals surface area contributed by atoms with Gasteiger partial charge in [-0.15, -0.1) is 0 Å². The summed E-state index contributed by atoms with van der Waals surface area (Å²) in [5.41, 5.74) is 0. The van der Waals surface area contributed by atoms with Crippen LogP contribution in [0.4, 0.5) is 0 Å². The SMILES string of the molecule is c1ccc2cc3cc4ccccc4cc3cc2c1.c1ccsc1. The average molecular weight is 312 g/mol. The molecule has 110 valence electrons. The Hall–Kier alpha value is -2.64. The molecule has 0 nitrogen and oxygen atoms in total. The Balaban J connectivity index is 0.000000233. The molecule has 0 amide bonds. The molecule has 1 aromatic heterocycles. The van der Waals surface area contributed by atoms with Crippen LogP contribution in [-0.2, 0) is 0 Å². The van der Waals surface area contributed by atoms with Crippen molar-refractivity contribution in [2.75, 3.05) is 0 Å². The van der Waals surface area contributed by atoms with Crippen LogP contribution >= 0.6 is 11.3 Å². The van der Waals surface area contributed by atoms with Crippen molar-refractivity contribution >= 4 is 43.7 Å². The van der Waals surface area contributed by atoms with Crippen molar-refractivity contribution in [1.29, 1.82) is 0 Å². The predicted molar refractivity (Wildman–Crippen MR) is 103 cm³/mol. The molecule has 0 bridgehead atoms. The van der Waals surface area contributed by atoms with Gasteiger partial charge in [0, 0.05) is 0 Å². The molecule has 4 aromatic carbocycles. The van der Waals surface area contributed by atoms with Crippen LogP contribution in [-0.4, -0.2) is 0 Å². The predicted octanol–water partition coefficient (Wildman–Crippen LogP) is 6.89. The molecule has 0 radical (unpaired) electrons. The third-order valence-electron chi connectivity index (χ3n) is 3.99. The summed E-state index contributed by atoms with van der Waals surface area (Å²) in [4.78, 5) is 0. The van der Waals surface area contributed by atoms with Crippen LogP contribution in [0.5, 0.6) is 0 Å². The Morgan fingerprint density at radius 3 is 1.00 bits per heavy atom. The summed E-state index contributed by atoms with van der Waals surface area (Å²) in [5.74, 6) is 0. The van der Waals surface area contributed by atoms with Crippen LogP contribution < -0.4 is 0 Å². The molecular formula is C22H16S. The molecule has 0 N–H and O–H groups in total. The first-order valence-electron chi connectivity index (χ1n) is 7.69. The summed E-state index contributed by atoms with van der Waals surface area (Å²) < 4.78 is 0. The number of fused-ring (bicyclic) bond motifs is 3. The minimum atomic E-state index is 1.31. The quantitative estimate of drug-likeness (QED) is 0.273. The highest BCUT2D eigenvalue weighted by Gasteiger charge is 2.00. The Labute approximate surface area is 139 Å². The monoisotopic (exact) mass is 312 g/mol. The lowest BCUT2D eigenvalue weighted by atomic mass is 10.00. The normalized spacial score (nSPS) is 10.6. The molecule has 1 heterocycles.